The zero-order chi connectivity index (χ0) is 15.4. The Morgan fingerprint density at radius 2 is 2.09 bits per heavy atom. The van der Waals surface area contributed by atoms with E-state index in [1.165, 1.54) is 6.20 Å². The largest absolute Gasteiger partial charge is 0.263 e. The Hall–Kier alpha value is -1.79. The predicted octanol–water partition coefficient (Wildman–Crippen LogP) is 2.12. The second kappa shape index (κ2) is 6.54. The smallest absolute Gasteiger partial charge is 0.244 e. The van der Waals surface area contributed by atoms with Crippen molar-refractivity contribution in [2.45, 2.75) is 24.2 Å². The number of sulfonamides is 1. The summed E-state index contributed by atoms with van der Waals surface area (Å²) >= 11 is 0. The van der Waals surface area contributed by atoms with Crippen LogP contribution < -0.4 is 0 Å². The van der Waals surface area contributed by atoms with Gasteiger partial charge in [0.15, 0.2) is 0 Å². The normalized spacial score (nSPS) is 19.9. The second-order valence-electron chi connectivity index (χ2n) is 5.59. The fourth-order valence-corrected chi connectivity index (χ4v) is 4.39. The molecule has 116 valence electrons. The molecule has 0 aromatic carbocycles. The minimum atomic E-state index is -3.44. The lowest BCUT2D eigenvalue weighted by atomic mass is 9.94. The molecule has 2 aromatic rings. The van der Waals surface area contributed by atoms with E-state index in [9.17, 15) is 8.42 Å². The molecule has 5 nitrogen and oxygen atoms in total. The molecule has 3 heterocycles. The molecule has 1 atom stereocenters. The first-order valence-electron chi connectivity index (χ1n) is 7.46. The van der Waals surface area contributed by atoms with Crippen LogP contribution >= 0.6 is 0 Å². The van der Waals surface area contributed by atoms with Gasteiger partial charge in [-0.2, -0.15) is 4.31 Å². The maximum absolute atomic E-state index is 12.7. The van der Waals surface area contributed by atoms with E-state index in [0.29, 0.717) is 19.0 Å². The maximum Gasteiger partial charge on any atom is 0.244 e. The number of rotatable bonds is 4. The molecule has 2 aromatic heterocycles. The van der Waals surface area contributed by atoms with Crippen LogP contribution in [-0.2, 0) is 16.4 Å². The van der Waals surface area contributed by atoms with Crippen molar-refractivity contribution in [1.82, 2.24) is 14.3 Å². The molecule has 0 amide bonds. The van der Waals surface area contributed by atoms with Crippen LogP contribution in [0.3, 0.4) is 0 Å². The van der Waals surface area contributed by atoms with Crippen LogP contribution in [-0.4, -0.2) is 35.8 Å². The lowest BCUT2D eigenvalue weighted by molar-refractivity contribution is 0.264. The Morgan fingerprint density at radius 3 is 2.82 bits per heavy atom. The van der Waals surface area contributed by atoms with Gasteiger partial charge >= 0.3 is 0 Å². The summed E-state index contributed by atoms with van der Waals surface area (Å²) in [7, 11) is -3.44. The summed E-state index contributed by atoms with van der Waals surface area (Å²) in [6.45, 7) is 1.13. The van der Waals surface area contributed by atoms with Crippen LogP contribution in [0.15, 0.2) is 53.8 Å². The Labute approximate surface area is 131 Å². The quantitative estimate of drug-likeness (QED) is 0.866. The predicted molar refractivity (Wildman–Crippen MR) is 83.7 cm³/mol. The van der Waals surface area contributed by atoms with E-state index in [2.05, 4.69) is 9.97 Å². The van der Waals surface area contributed by atoms with Gasteiger partial charge in [0.1, 0.15) is 4.90 Å². The van der Waals surface area contributed by atoms with Crippen molar-refractivity contribution < 1.29 is 8.42 Å². The number of nitrogens with zero attached hydrogens (tertiary/aromatic N) is 3. The first-order valence-corrected chi connectivity index (χ1v) is 8.90. The highest BCUT2D eigenvalue weighted by molar-refractivity contribution is 7.89. The Morgan fingerprint density at radius 1 is 1.18 bits per heavy atom. The highest BCUT2D eigenvalue weighted by Gasteiger charge is 2.30. The van der Waals surface area contributed by atoms with Crippen LogP contribution in [0, 0.1) is 5.92 Å². The Bertz CT molecular complexity index is 705. The summed E-state index contributed by atoms with van der Waals surface area (Å²) in [4.78, 5) is 8.53. The molecule has 0 N–H and O–H groups in total. The highest BCUT2D eigenvalue weighted by atomic mass is 32.2. The monoisotopic (exact) mass is 317 g/mol. The van der Waals surface area contributed by atoms with Gasteiger partial charge in [-0.1, -0.05) is 6.07 Å². The summed E-state index contributed by atoms with van der Waals surface area (Å²) in [5, 5.41) is 0. The van der Waals surface area contributed by atoms with Crippen molar-refractivity contribution in [1.29, 1.82) is 0 Å². The van der Waals surface area contributed by atoms with Crippen molar-refractivity contribution in [3.63, 3.8) is 0 Å². The van der Waals surface area contributed by atoms with Crippen LogP contribution in [0.4, 0.5) is 0 Å². The summed E-state index contributed by atoms with van der Waals surface area (Å²) in [6.07, 6.45) is 7.52. The van der Waals surface area contributed by atoms with Gasteiger partial charge in [-0.25, -0.2) is 8.42 Å². The van der Waals surface area contributed by atoms with Crippen LogP contribution in [0.1, 0.15) is 18.5 Å². The topological polar surface area (TPSA) is 63.2 Å². The summed E-state index contributed by atoms with van der Waals surface area (Å²) in [5.74, 6) is 0.315. The third kappa shape index (κ3) is 3.34. The standard InChI is InChI=1S/C16H19N3O2S/c20-22(21,16-7-3-8-17-12-16)19-10-4-5-14(13-19)11-15-6-1-2-9-18-15/h1-3,6-9,12,14H,4-5,10-11,13H2/t14-/m0/s1. The van der Waals surface area contributed by atoms with E-state index in [-0.39, 0.29) is 4.90 Å². The van der Waals surface area contributed by atoms with Crippen molar-refractivity contribution in [2.24, 2.45) is 5.92 Å². The molecule has 1 saturated heterocycles. The fraction of sp³-hybridized carbons (Fsp3) is 0.375. The SMILES string of the molecule is O=S(=O)(c1cccnc1)N1CCC[C@@H](Cc2ccccn2)C1. The van der Waals surface area contributed by atoms with Gasteiger partial charge in [0.25, 0.3) is 0 Å². The Balaban J connectivity index is 1.73. The molecule has 1 aliphatic heterocycles. The molecule has 6 heteroatoms. The fourth-order valence-electron chi connectivity index (χ4n) is 2.88. The number of hydrogen-bond donors (Lipinski definition) is 0. The van der Waals surface area contributed by atoms with Gasteiger partial charge in [-0.3, -0.25) is 9.97 Å². The molecule has 1 aliphatic rings. The van der Waals surface area contributed by atoms with Crippen molar-refractivity contribution in [3.05, 3.63) is 54.6 Å². The zero-order valence-corrected chi connectivity index (χ0v) is 13.1. The molecular weight excluding hydrogens is 298 g/mol. The summed E-state index contributed by atoms with van der Waals surface area (Å²) in [5.41, 5.74) is 1.02. The van der Waals surface area contributed by atoms with Gasteiger partial charge in [-0.15, -0.1) is 0 Å². The molecule has 22 heavy (non-hydrogen) atoms. The molecule has 0 bridgehead atoms. The molecule has 1 fully saturated rings. The minimum absolute atomic E-state index is 0.272. The van der Waals surface area contributed by atoms with Gasteiger partial charge in [-0.05, 0) is 49.4 Å². The van der Waals surface area contributed by atoms with E-state index in [1.54, 1.807) is 28.8 Å². The molecule has 3 rings (SSSR count). The van der Waals surface area contributed by atoms with Gasteiger partial charge in [0.2, 0.25) is 10.0 Å². The van der Waals surface area contributed by atoms with Gasteiger partial charge < -0.3 is 0 Å². The molecule has 0 spiro atoms. The van der Waals surface area contributed by atoms with E-state index < -0.39 is 10.0 Å². The zero-order valence-electron chi connectivity index (χ0n) is 12.3. The second-order valence-corrected chi connectivity index (χ2v) is 7.52. The highest BCUT2D eigenvalue weighted by Crippen LogP contribution is 2.25. The molecule has 0 unspecified atom stereocenters. The molecule has 0 aliphatic carbocycles. The van der Waals surface area contributed by atoms with Crippen molar-refractivity contribution in [2.75, 3.05) is 13.1 Å². The Kier molecular flexibility index (Phi) is 4.49. The molecule has 0 radical (unpaired) electrons. The number of pyridine rings is 2. The third-order valence-electron chi connectivity index (χ3n) is 3.98. The van der Waals surface area contributed by atoms with Gasteiger partial charge in [0, 0.05) is 37.4 Å². The number of aromatic nitrogens is 2. The van der Waals surface area contributed by atoms with Crippen LogP contribution in [0.5, 0.6) is 0 Å². The lowest BCUT2D eigenvalue weighted by Gasteiger charge is -2.31. The summed E-state index contributed by atoms with van der Waals surface area (Å²) < 4.78 is 26.9. The van der Waals surface area contributed by atoms with Crippen molar-refractivity contribution in [3.8, 4) is 0 Å². The van der Waals surface area contributed by atoms with Crippen LogP contribution in [0.2, 0.25) is 0 Å². The maximum atomic E-state index is 12.7. The minimum Gasteiger partial charge on any atom is -0.263 e. The average Bonchev–Trinajstić information content (AvgIpc) is 2.57. The summed E-state index contributed by atoms with van der Waals surface area (Å²) in [6, 6.07) is 9.11. The van der Waals surface area contributed by atoms with Crippen LogP contribution in [0.25, 0.3) is 0 Å². The van der Waals surface area contributed by atoms with Gasteiger partial charge in [0.05, 0.1) is 0 Å². The first-order chi connectivity index (χ1) is 10.7. The average molecular weight is 317 g/mol. The van der Waals surface area contributed by atoms with E-state index in [1.807, 2.05) is 18.2 Å². The number of hydrogen-bond acceptors (Lipinski definition) is 4. The molecule has 0 saturated carbocycles. The molecular formula is C16H19N3O2S. The third-order valence-corrected chi connectivity index (χ3v) is 5.83. The lowest BCUT2D eigenvalue weighted by Crippen LogP contribution is -2.40. The number of piperidine rings is 1. The van der Waals surface area contributed by atoms with E-state index in [0.717, 1.165) is 25.0 Å². The van der Waals surface area contributed by atoms with E-state index >= 15 is 0 Å². The van der Waals surface area contributed by atoms with Crippen molar-refractivity contribution >= 4 is 10.0 Å². The first kappa shape index (κ1) is 15.1. The van der Waals surface area contributed by atoms with E-state index in [4.69, 9.17) is 0 Å².